The zero-order valence-corrected chi connectivity index (χ0v) is 13.1. The van der Waals surface area contributed by atoms with E-state index < -0.39 is 11.3 Å². The van der Waals surface area contributed by atoms with Gasteiger partial charge < -0.3 is 9.84 Å². The van der Waals surface area contributed by atoms with Crippen LogP contribution in [0.15, 0.2) is 41.3 Å². The zero-order chi connectivity index (χ0) is 17.2. The molecule has 0 amide bonds. The van der Waals surface area contributed by atoms with Gasteiger partial charge in [-0.3, -0.25) is 4.98 Å². The van der Waals surface area contributed by atoms with Crippen LogP contribution in [0.4, 0.5) is 14.7 Å². The summed E-state index contributed by atoms with van der Waals surface area (Å²) in [4.78, 5) is 16.0. The molecule has 0 aliphatic carbocycles. The maximum atomic E-state index is 12.9. The number of nitrogens with one attached hydrogen (secondary N) is 1. The highest BCUT2D eigenvalue weighted by molar-refractivity contribution is 6.21. The van der Waals surface area contributed by atoms with Gasteiger partial charge in [-0.05, 0) is 30.7 Å². The average molecular weight is 353 g/mol. The first-order valence-electron chi connectivity index (χ1n) is 6.84. The van der Waals surface area contributed by atoms with E-state index in [0.717, 1.165) is 5.69 Å². The van der Waals surface area contributed by atoms with E-state index in [1.165, 1.54) is 12.4 Å². The number of hydrogen-bond acceptors (Lipinski definition) is 7. The van der Waals surface area contributed by atoms with Crippen LogP contribution in [0.1, 0.15) is 24.6 Å². The summed E-state index contributed by atoms with van der Waals surface area (Å²) in [5, 5.41) is 2.79. The second-order valence-electron chi connectivity index (χ2n) is 4.84. The topological polar surface area (TPSA) is 89.6 Å². The normalized spacial score (nSPS) is 12.8. The highest BCUT2D eigenvalue weighted by atomic mass is 35.5. The van der Waals surface area contributed by atoms with Crippen molar-refractivity contribution in [3.05, 3.63) is 48.4 Å². The third kappa shape index (κ3) is 3.62. The van der Waals surface area contributed by atoms with Gasteiger partial charge in [0.25, 0.3) is 0 Å². The molecule has 0 aliphatic heterocycles. The SMILES string of the molecule is CC(Nc1ncc(-c2noc(C(F)(F)Cl)n2)cn1)c1ccccn1. The summed E-state index contributed by atoms with van der Waals surface area (Å²) in [6, 6.07) is 5.47. The quantitative estimate of drug-likeness (QED) is 0.704. The molecule has 0 radical (unpaired) electrons. The fourth-order valence-electron chi connectivity index (χ4n) is 1.87. The molecular weight excluding hydrogens is 342 g/mol. The lowest BCUT2D eigenvalue weighted by Gasteiger charge is -2.12. The number of anilines is 1. The van der Waals surface area contributed by atoms with E-state index in [0.29, 0.717) is 11.5 Å². The van der Waals surface area contributed by atoms with Gasteiger partial charge in [0, 0.05) is 18.6 Å². The molecule has 124 valence electrons. The first kappa shape index (κ1) is 16.2. The van der Waals surface area contributed by atoms with Gasteiger partial charge in [-0.15, -0.1) is 0 Å². The van der Waals surface area contributed by atoms with Crippen molar-refractivity contribution in [2.24, 2.45) is 0 Å². The van der Waals surface area contributed by atoms with E-state index in [1.807, 2.05) is 25.1 Å². The van der Waals surface area contributed by atoms with Crippen molar-refractivity contribution in [2.45, 2.75) is 18.3 Å². The maximum absolute atomic E-state index is 12.9. The van der Waals surface area contributed by atoms with Crippen molar-refractivity contribution in [1.29, 1.82) is 0 Å². The third-order valence-corrected chi connectivity index (χ3v) is 3.22. The molecule has 0 spiro atoms. The van der Waals surface area contributed by atoms with E-state index >= 15 is 0 Å². The molecular formula is C14H11ClF2N6O. The Bertz CT molecular complexity index is 806. The molecule has 3 heterocycles. The molecule has 0 saturated carbocycles. The first-order valence-corrected chi connectivity index (χ1v) is 7.22. The second kappa shape index (κ2) is 6.44. The van der Waals surface area contributed by atoms with Crippen LogP contribution < -0.4 is 5.32 Å². The van der Waals surface area contributed by atoms with Crippen LogP contribution in [0.25, 0.3) is 11.4 Å². The highest BCUT2D eigenvalue weighted by Crippen LogP contribution is 2.31. The molecule has 0 aliphatic rings. The Hall–Kier alpha value is -2.68. The van der Waals surface area contributed by atoms with Crippen LogP contribution in [-0.2, 0) is 5.38 Å². The second-order valence-corrected chi connectivity index (χ2v) is 5.31. The summed E-state index contributed by atoms with van der Waals surface area (Å²) in [5.41, 5.74) is 1.15. The molecule has 3 aromatic rings. The van der Waals surface area contributed by atoms with E-state index in [2.05, 4.69) is 34.9 Å². The predicted octanol–water partition coefficient (Wildman–Crippen LogP) is 3.38. The van der Waals surface area contributed by atoms with Crippen LogP contribution in [0.5, 0.6) is 0 Å². The van der Waals surface area contributed by atoms with Crippen molar-refractivity contribution >= 4 is 17.5 Å². The molecule has 10 heteroatoms. The Kier molecular flexibility index (Phi) is 4.34. The standard InChI is InChI=1S/C14H11ClF2N6O/c1-8(10-4-2-3-5-18-10)21-13-19-6-9(7-20-13)11-22-12(24-23-11)14(15,16)17/h2-8H,1H3,(H,19,20,21). The average Bonchev–Trinajstić information content (AvgIpc) is 3.07. The molecule has 24 heavy (non-hydrogen) atoms. The van der Waals surface area contributed by atoms with Gasteiger partial charge >= 0.3 is 11.3 Å². The van der Waals surface area contributed by atoms with E-state index in [4.69, 9.17) is 11.6 Å². The first-order chi connectivity index (χ1) is 11.4. The van der Waals surface area contributed by atoms with Crippen molar-refractivity contribution in [2.75, 3.05) is 5.32 Å². The van der Waals surface area contributed by atoms with Gasteiger partial charge in [0.15, 0.2) is 0 Å². The Balaban J connectivity index is 1.73. The van der Waals surface area contributed by atoms with Crippen LogP contribution in [0.2, 0.25) is 0 Å². The van der Waals surface area contributed by atoms with Crippen LogP contribution in [0.3, 0.4) is 0 Å². The maximum Gasteiger partial charge on any atom is 0.400 e. The van der Waals surface area contributed by atoms with E-state index in [1.54, 1.807) is 6.20 Å². The Morgan fingerprint density at radius 3 is 2.54 bits per heavy atom. The molecule has 0 bridgehead atoms. The van der Waals surface area contributed by atoms with E-state index in [-0.39, 0.29) is 11.9 Å². The summed E-state index contributed by atoms with van der Waals surface area (Å²) in [7, 11) is 0. The number of halogens is 3. The Morgan fingerprint density at radius 2 is 1.96 bits per heavy atom. The summed E-state index contributed by atoms with van der Waals surface area (Å²) in [5.74, 6) is -0.705. The van der Waals surface area contributed by atoms with Gasteiger partial charge in [0.1, 0.15) is 0 Å². The fraction of sp³-hybridized carbons (Fsp3) is 0.214. The number of nitrogens with zero attached hydrogens (tertiary/aromatic N) is 5. The lowest BCUT2D eigenvalue weighted by molar-refractivity contribution is 0.0551. The smallest absolute Gasteiger partial charge is 0.346 e. The lowest BCUT2D eigenvalue weighted by Crippen LogP contribution is -2.10. The summed E-state index contributed by atoms with van der Waals surface area (Å²) in [6.07, 6.45) is 4.47. The largest absolute Gasteiger partial charge is 0.400 e. The highest BCUT2D eigenvalue weighted by Gasteiger charge is 2.35. The minimum absolute atomic E-state index is 0.0744. The van der Waals surface area contributed by atoms with Gasteiger partial charge in [-0.25, -0.2) is 9.97 Å². The minimum atomic E-state index is -3.72. The molecule has 1 N–H and O–H groups in total. The number of rotatable bonds is 5. The minimum Gasteiger partial charge on any atom is -0.346 e. The lowest BCUT2D eigenvalue weighted by atomic mass is 10.2. The molecule has 0 saturated heterocycles. The molecule has 0 aromatic carbocycles. The molecule has 0 fully saturated rings. The number of aromatic nitrogens is 5. The fourth-order valence-corrected chi connectivity index (χ4v) is 1.95. The van der Waals surface area contributed by atoms with Gasteiger partial charge in [-0.2, -0.15) is 13.8 Å². The predicted molar refractivity (Wildman–Crippen MR) is 81.3 cm³/mol. The molecule has 3 rings (SSSR count). The monoisotopic (exact) mass is 352 g/mol. The third-order valence-electron chi connectivity index (χ3n) is 3.06. The Labute approximate surface area is 140 Å². The number of hydrogen-bond donors (Lipinski definition) is 1. The molecule has 1 unspecified atom stereocenters. The van der Waals surface area contributed by atoms with Crippen molar-refractivity contribution < 1.29 is 13.3 Å². The summed E-state index contributed by atoms with van der Waals surface area (Å²) < 4.78 is 30.2. The van der Waals surface area contributed by atoms with Gasteiger partial charge in [0.2, 0.25) is 11.8 Å². The molecule has 1 atom stereocenters. The van der Waals surface area contributed by atoms with Crippen molar-refractivity contribution in [3.63, 3.8) is 0 Å². The Morgan fingerprint density at radius 1 is 1.21 bits per heavy atom. The van der Waals surface area contributed by atoms with Crippen LogP contribution >= 0.6 is 11.6 Å². The van der Waals surface area contributed by atoms with E-state index in [9.17, 15) is 8.78 Å². The van der Waals surface area contributed by atoms with Crippen molar-refractivity contribution in [1.82, 2.24) is 25.1 Å². The van der Waals surface area contributed by atoms with Gasteiger partial charge in [0.05, 0.1) is 17.3 Å². The summed E-state index contributed by atoms with van der Waals surface area (Å²) in [6.45, 7) is 1.91. The van der Waals surface area contributed by atoms with Crippen LogP contribution in [-0.4, -0.2) is 25.1 Å². The van der Waals surface area contributed by atoms with Gasteiger partial charge in [-0.1, -0.05) is 11.2 Å². The summed E-state index contributed by atoms with van der Waals surface area (Å²) >= 11 is 4.82. The van der Waals surface area contributed by atoms with Crippen molar-refractivity contribution in [3.8, 4) is 11.4 Å². The zero-order valence-electron chi connectivity index (χ0n) is 12.3. The molecule has 7 nitrogen and oxygen atoms in total. The number of alkyl halides is 3. The van der Waals surface area contributed by atoms with Crippen LogP contribution in [0, 0.1) is 0 Å². The molecule has 3 aromatic heterocycles. The number of pyridine rings is 1.